The fourth-order valence-corrected chi connectivity index (χ4v) is 2.09. The van der Waals surface area contributed by atoms with Gasteiger partial charge in [0.25, 0.3) is 0 Å². The number of likely N-dealkylation sites (N-methyl/N-ethyl adjacent to an activating group) is 2. The first-order chi connectivity index (χ1) is 9.88. The second-order valence-electron chi connectivity index (χ2n) is 5.31. The van der Waals surface area contributed by atoms with Crippen molar-refractivity contribution < 1.29 is 9.53 Å². The maximum absolute atomic E-state index is 12.1. The van der Waals surface area contributed by atoms with Crippen LogP contribution in [0.15, 0.2) is 18.2 Å². The zero-order valence-electron chi connectivity index (χ0n) is 13.7. The molecule has 0 aromatic heterocycles. The van der Waals surface area contributed by atoms with Crippen LogP contribution in [0.25, 0.3) is 0 Å². The minimum atomic E-state index is 0.0603. The van der Waals surface area contributed by atoms with E-state index in [1.807, 2.05) is 62.7 Å². The highest BCUT2D eigenvalue weighted by atomic mass is 16.5. The Morgan fingerprint density at radius 2 is 1.90 bits per heavy atom. The van der Waals surface area contributed by atoms with Crippen LogP contribution in [0.5, 0.6) is 5.75 Å². The summed E-state index contributed by atoms with van der Waals surface area (Å²) >= 11 is 0. The average molecular weight is 293 g/mol. The van der Waals surface area contributed by atoms with Crippen molar-refractivity contribution in [3.05, 3.63) is 18.2 Å². The topological polar surface area (TPSA) is 58.8 Å². The molecule has 0 fully saturated rings. The molecular formula is C16H27N3O2. The van der Waals surface area contributed by atoms with Crippen LogP contribution in [-0.2, 0) is 4.79 Å². The molecule has 2 N–H and O–H groups in total. The lowest BCUT2D eigenvalue weighted by Crippen LogP contribution is -2.38. The van der Waals surface area contributed by atoms with Crippen LogP contribution in [0.3, 0.4) is 0 Å². The number of carbonyl (C=O) groups is 1. The zero-order valence-corrected chi connectivity index (χ0v) is 13.7. The van der Waals surface area contributed by atoms with E-state index in [1.54, 1.807) is 0 Å². The maximum atomic E-state index is 12.1. The van der Waals surface area contributed by atoms with Gasteiger partial charge in [0.1, 0.15) is 5.75 Å². The number of nitrogens with two attached hydrogens (primary N) is 1. The Labute approximate surface area is 127 Å². The van der Waals surface area contributed by atoms with Gasteiger partial charge in [-0.05, 0) is 39.8 Å². The summed E-state index contributed by atoms with van der Waals surface area (Å²) in [5.74, 6) is 0.773. The molecule has 1 aromatic rings. The van der Waals surface area contributed by atoms with Crippen molar-refractivity contribution in [2.75, 3.05) is 37.3 Å². The van der Waals surface area contributed by atoms with Gasteiger partial charge in [-0.25, -0.2) is 0 Å². The first kappa shape index (κ1) is 17.1. The minimum absolute atomic E-state index is 0.0603. The van der Waals surface area contributed by atoms with E-state index in [0.717, 1.165) is 18.8 Å². The Balaban J connectivity index is 2.82. The number of rotatable bonds is 7. The van der Waals surface area contributed by atoms with Gasteiger partial charge in [0, 0.05) is 31.9 Å². The summed E-state index contributed by atoms with van der Waals surface area (Å²) in [5.41, 5.74) is 7.44. The summed E-state index contributed by atoms with van der Waals surface area (Å²) in [6, 6.07) is 5.59. The number of hydrogen-bond acceptors (Lipinski definition) is 4. The van der Waals surface area contributed by atoms with Crippen molar-refractivity contribution in [3.63, 3.8) is 0 Å². The summed E-state index contributed by atoms with van der Waals surface area (Å²) in [4.78, 5) is 15.9. The molecule has 0 aliphatic rings. The molecule has 0 aliphatic carbocycles. The van der Waals surface area contributed by atoms with E-state index in [-0.39, 0.29) is 12.0 Å². The third-order valence-corrected chi connectivity index (χ3v) is 3.29. The highest BCUT2D eigenvalue weighted by molar-refractivity contribution is 5.81. The third-order valence-electron chi connectivity index (χ3n) is 3.29. The Morgan fingerprint density at radius 1 is 1.29 bits per heavy atom. The smallest absolute Gasteiger partial charge is 0.242 e. The molecule has 0 aliphatic heterocycles. The third kappa shape index (κ3) is 4.85. The van der Waals surface area contributed by atoms with Gasteiger partial charge in [-0.3, -0.25) is 4.79 Å². The molecule has 0 atom stereocenters. The minimum Gasteiger partial charge on any atom is -0.489 e. The molecule has 0 saturated carbocycles. The lowest BCUT2D eigenvalue weighted by Gasteiger charge is -2.25. The predicted molar refractivity (Wildman–Crippen MR) is 87.8 cm³/mol. The van der Waals surface area contributed by atoms with Crippen molar-refractivity contribution in [1.29, 1.82) is 0 Å². The number of anilines is 2. The van der Waals surface area contributed by atoms with Crippen molar-refractivity contribution in [1.82, 2.24) is 4.90 Å². The largest absolute Gasteiger partial charge is 0.489 e. The number of carbonyl (C=O) groups excluding carboxylic acids is 1. The molecule has 0 spiro atoms. The molecule has 21 heavy (non-hydrogen) atoms. The first-order valence-electron chi connectivity index (χ1n) is 7.44. The standard InChI is InChI=1S/C16H27N3O2/c1-6-19(7-2)16(20)11-18(5)13-8-9-14(17)15(10-13)21-12(3)4/h8-10,12H,6-7,11,17H2,1-5H3. The van der Waals surface area contributed by atoms with Crippen LogP contribution < -0.4 is 15.4 Å². The Hall–Kier alpha value is -1.91. The molecule has 0 unspecified atom stereocenters. The van der Waals surface area contributed by atoms with E-state index in [9.17, 15) is 4.79 Å². The molecule has 5 heteroatoms. The lowest BCUT2D eigenvalue weighted by atomic mass is 10.2. The van der Waals surface area contributed by atoms with Gasteiger partial charge in [-0.2, -0.15) is 0 Å². The predicted octanol–water partition coefficient (Wildman–Crippen LogP) is 2.36. The SMILES string of the molecule is CCN(CC)C(=O)CN(C)c1ccc(N)c(OC(C)C)c1. The van der Waals surface area contributed by atoms with E-state index in [1.165, 1.54) is 0 Å². The van der Waals surface area contributed by atoms with E-state index >= 15 is 0 Å². The molecule has 1 amide bonds. The second-order valence-corrected chi connectivity index (χ2v) is 5.31. The zero-order chi connectivity index (χ0) is 16.0. The quantitative estimate of drug-likeness (QED) is 0.784. The van der Waals surface area contributed by atoms with Crippen LogP contribution in [0.1, 0.15) is 27.7 Å². The Kier molecular flexibility index (Phi) is 6.34. The summed E-state index contributed by atoms with van der Waals surface area (Å²) in [5, 5.41) is 0. The summed E-state index contributed by atoms with van der Waals surface area (Å²) in [6.07, 6.45) is 0.0603. The average Bonchev–Trinajstić information content (AvgIpc) is 2.42. The normalized spacial score (nSPS) is 10.6. The van der Waals surface area contributed by atoms with E-state index in [0.29, 0.717) is 18.0 Å². The second kappa shape index (κ2) is 7.76. The molecule has 118 valence electrons. The molecule has 1 rings (SSSR count). The number of amides is 1. The van der Waals surface area contributed by atoms with Gasteiger partial charge in [0.05, 0.1) is 18.3 Å². The lowest BCUT2D eigenvalue weighted by molar-refractivity contribution is -0.129. The fourth-order valence-electron chi connectivity index (χ4n) is 2.09. The molecule has 5 nitrogen and oxygen atoms in total. The summed E-state index contributed by atoms with van der Waals surface area (Å²) < 4.78 is 5.68. The number of ether oxygens (including phenoxy) is 1. The van der Waals surface area contributed by atoms with Gasteiger partial charge in [-0.15, -0.1) is 0 Å². The van der Waals surface area contributed by atoms with E-state index in [2.05, 4.69) is 0 Å². The van der Waals surface area contributed by atoms with Gasteiger partial charge in [-0.1, -0.05) is 0 Å². The summed E-state index contributed by atoms with van der Waals surface area (Å²) in [6.45, 7) is 9.68. The fraction of sp³-hybridized carbons (Fsp3) is 0.562. The molecule has 0 saturated heterocycles. The van der Waals surface area contributed by atoms with Gasteiger partial charge in [0.2, 0.25) is 5.91 Å². The Morgan fingerprint density at radius 3 is 2.43 bits per heavy atom. The van der Waals surface area contributed by atoms with Crippen LogP contribution >= 0.6 is 0 Å². The van der Waals surface area contributed by atoms with E-state index < -0.39 is 0 Å². The molecule has 1 aromatic carbocycles. The van der Waals surface area contributed by atoms with Crippen molar-refractivity contribution in [3.8, 4) is 5.75 Å². The number of nitrogen functional groups attached to an aromatic ring is 1. The first-order valence-corrected chi connectivity index (χ1v) is 7.44. The highest BCUT2D eigenvalue weighted by Crippen LogP contribution is 2.28. The van der Waals surface area contributed by atoms with Crippen LogP contribution in [0.2, 0.25) is 0 Å². The Bertz CT molecular complexity index is 471. The van der Waals surface area contributed by atoms with Crippen LogP contribution in [0.4, 0.5) is 11.4 Å². The van der Waals surface area contributed by atoms with Crippen molar-refractivity contribution in [2.24, 2.45) is 0 Å². The van der Waals surface area contributed by atoms with Gasteiger partial charge < -0.3 is 20.3 Å². The van der Waals surface area contributed by atoms with Crippen LogP contribution in [0, 0.1) is 0 Å². The van der Waals surface area contributed by atoms with Crippen molar-refractivity contribution >= 4 is 17.3 Å². The molecule has 0 radical (unpaired) electrons. The van der Waals surface area contributed by atoms with Crippen molar-refractivity contribution in [2.45, 2.75) is 33.8 Å². The van der Waals surface area contributed by atoms with Crippen LogP contribution in [-0.4, -0.2) is 43.6 Å². The molecule has 0 bridgehead atoms. The number of benzene rings is 1. The highest BCUT2D eigenvalue weighted by Gasteiger charge is 2.14. The number of hydrogen-bond donors (Lipinski definition) is 1. The maximum Gasteiger partial charge on any atom is 0.242 e. The van der Waals surface area contributed by atoms with Gasteiger partial charge >= 0.3 is 0 Å². The monoisotopic (exact) mass is 293 g/mol. The molecular weight excluding hydrogens is 266 g/mol. The summed E-state index contributed by atoms with van der Waals surface area (Å²) in [7, 11) is 1.89. The number of nitrogens with zero attached hydrogens (tertiary/aromatic N) is 2. The van der Waals surface area contributed by atoms with E-state index in [4.69, 9.17) is 10.5 Å². The van der Waals surface area contributed by atoms with Gasteiger partial charge in [0.15, 0.2) is 0 Å². The molecule has 0 heterocycles.